The molecule has 2 atom stereocenters. The van der Waals surface area contributed by atoms with Gasteiger partial charge >= 0.3 is 0 Å². The van der Waals surface area contributed by atoms with Crippen molar-refractivity contribution in [1.82, 2.24) is 5.01 Å². The third-order valence-corrected chi connectivity index (χ3v) is 5.89. The number of fused-ring (bicyclic) bond motifs is 3. The van der Waals surface area contributed by atoms with Crippen molar-refractivity contribution in [2.24, 2.45) is 5.10 Å². The molecule has 0 N–H and O–H groups in total. The van der Waals surface area contributed by atoms with Gasteiger partial charge in [0.15, 0.2) is 0 Å². The second kappa shape index (κ2) is 9.41. The molecule has 2 heterocycles. The van der Waals surface area contributed by atoms with Crippen LogP contribution in [0.4, 0.5) is 0 Å². The van der Waals surface area contributed by atoms with Gasteiger partial charge in [-0.25, -0.2) is 5.01 Å². The Hall–Kier alpha value is -3.73. The maximum atomic E-state index is 6.45. The van der Waals surface area contributed by atoms with Gasteiger partial charge in [-0.15, -0.1) is 0 Å². The summed E-state index contributed by atoms with van der Waals surface area (Å²) in [5.41, 5.74) is 4.36. The van der Waals surface area contributed by atoms with E-state index in [4.69, 9.17) is 19.3 Å². The molecule has 0 saturated carbocycles. The van der Waals surface area contributed by atoms with Crippen molar-refractivity contribution in [2.75, 3.05) is 13.2 Å². The lowest BCUT2D eigenvalue weighted by atomic mass is 9.96. The molecule has 3 aromatic carbocycles. The van der Waals surface area contributed by atoms with Crippen molar-refractivity contribution in [3.63, 3.8) is 0 Å². The Kier molecular flexibility index (Phi) is 6.03. The summed E-state index contributed by atoms with van der Waals surface area (Å²) in [5.74, 6) is 2.62. The van der Waals surface area contributed by atoms with Gasteiger partial charge in [0.1, 0.15) is 23.9 Å². The van der Waals surface area contributed by atoms with E-state index in [1.165, 1.54) is 5.56 Å². The first-order valence-electron chi connectivity index (χ1n) is 11.4. The fourth-order valence-electron chi connectivity index (χ4n) is 4.28. The summed E-state index contributed by atoms with van der Waals surface area (Å²) < 4.78 is 17.8. The number of hydrazone groups is 1. The normalized spacial score (nSPS) is 18.6. The minimum Gasteiger partial charge on any atom is -0.494 e. The van der Waals surface area contributed by atoms with Crippen molar-refractivity contribution in [3.8, 4) is 17.2 Å². The van der Waals surface area contributed by atoms with E-state index in [1.807, 2.05) is 36.4 Å². The number of hydrogen-bond acceptors (Lipinski definition) is 5. The van der Waals surface area contributed by atoms with E-state index in [-0.39, 0.29) is 12.3 Å². The molecule has 0 unspecified atom stereocenters. The fraction of sp³-hybridized carbons (Fsp3) is 0.250. The van der Waals surface area contributed by atoms with Gasteiger partial charge in [0.05, 0.1) is 18.4 Å². The van der Waals surface area contributed by atoms with Crippen LogP contribution < -0.4 is 14.2 Å². The lowest BCUT2D eigenvalue weighted by Gasteiger charge is -2.38. The highest BCUT2D eigenvalue weighted by atomic mass is 16.5. The van der Waals surface area contributed by atoms with E-state index in [1.54, 1.807) is 6.08 Å². The third-order valence-electron chi connectivity index (χ3n) is 5.89. The summed E-state index contributed by atoms with van der Waals surface area (Å²) in [5, 5.41) is 7.14. The van der Waals surface area contributed by atoms with Crippen molar-refractivity contribution in [3.05, 3.63) is 102 Å². The molecule has 168 valence electrons. The van der Waals surface area contributed by atoms with Crippen LogP contribution in [0.5, 0.6) is 17.2 Å². The minimum atomic E-state index is -0.294. The molecule has 33 heavy (non-hydrogen) atoms. The zero-order chi connectivity index (χ0) is 22.6. The number of para-hydroxylation sites is 1. The van der Waals surface area contributed by atoms with Crippen LogP contribution in [0.3, 0.4) is 0 Å². The standard InChI is InChI=1S/C28H28N2O3/c1-3-17-31-22-13-9-20(10-14-22)25-19-26-24-7-5-6-8-27(24)33-28(30(26)29-25)21-11-15-23(16-12-21)32-18-4-2/h3,5-16,26,28H,1,4,17-19H2,2H3/t26-,28+/m1/s1. The van der Waals surface area contributed by atoms with Crippen LogP contribution in [0, 0.1) is 0 Å². The van der Waals surface area contributed by atoms with Crippen molar-refractivity contribution in [1.29, 1.82) is 0 Å². The molecule has 5 rings (SSSR count). The largest absolute Gasteiger partial charge is 0.494 e. The molecular formula is C28H28N2O3. The van der Waals surface area contributed by atoms with Crippen LogP contribution in [0.15, 0.2) is 90.6 Å². The molecular weight excluding hydrogens is 412 g/mol. The first-order valence-corrected chi connectivity index (χ1v) is 11.4. The predicted octanol–water partition coefficient (Wildman–Crippen LogP) is 6.28. The molecule has 2 aliphatic heterocycles. The summed E-state index contributed by atoms with van der Waals surface area (Å²) >= 11 is 0. The number of hydrogen-bond donors (Lipinski definition) is 0. The maximum absolute atomic E-state index is 6.45. The lowest BCUT2D eigenvalue weighted by molar-refractivity contribution is -0.0190. The predicted molar refractivity (Wildman–Crippen MR) is 130 cm³/mol. The summed E-state index contributed by atoms with van der Waals surface area (Å²) in [4.78, 5) is 0. The van der Waals surface area contributed by atoms with Crippen LogP contribution in [-0.2, 0) is 0 Å². The van der Waals surface area contributed by atoms with Gasteiger partial charge in [-0.3, -0.25) is 0 Å². The van der Waals surface area contributed by atoms with E-state index < -0.39 is 0 Å². The third kappa shape index (κ3) is 4.31. The Labute approximate surface area is 194 Å². The number of benzene rings is 3. The number of nitrogens with zero attached hydrogens (tertiary/aromatic N) is 2. The maximum Gasteiger partial charge on any atom is 0.213 e. The molecule has 0 bridgehead atoms. The molecule has 0 aliphatic carbocycles. The van der Waals surface area contributed by atoms with E-state index in [2.05, 4.69) is 54.9 Å². The topological polar surface area (TPSA) is 43.3 Å². The van der Waals surface area contributed by atoms with Gasteiger partial charge in [-0.1, -0.05) is 37.8 Å². The quantitative estimate of drug-likeness (QED) is 0.387. The minimum absolute atomic E-state index is 0.127. The smallest absolute Gasteiger partial charge is 0.213 e. The second-order valence-corrected chi connectivity index (χ2v) is 8.20. The van der Waals surface area contributed by atoms with Gasteiger partial charge < -0.3 is 14.2 Å². The monoisotopic (exact) mass is 440 g/mol. The van der Waals surface area contributed by atoms with Crippen LogP contribution >= 0.6 is 0 Å². The average molecular weight is 441 g/mol. The summed E-state index contributed by atoms with van der Waals surface area (Å²) in [6, 6.07) is 24.6. The van der Waals surface area contributed by atoms with Gasteiger partial charge in [0.2, 0.25) is 6.23 Å². The zero-order valence-corrected chi connectivity index (χ0v) is 18.8. The van der Waals surface area contributed by atoms with E-state index in [0.29, 0.717) is 13.2 Å². The summed E-state index contributed by atoms with van der Waals surface area (Å²) in [6.07, 6.45) is 3.25. The Balaban J connectivity index is 1.44. The average Bonchev–Trinajstić information content (AvgIpc) is 3.32. The molecule has 0 fully saturated rings. The van der Waals surface area contributed by atoms with Crippen molar-refractivity contribution >= 4 is 5.71 Å². The van der Waals surface area contributed by atoms with Gasteiger partial charge in [-0.05, 0) is 66.6 Å². The highest BCUT2D eigenvalue weighted by Crippen LogP contribution is 2.47. The number of ether oxygens (including phenoxy) is 3. The lowest BCUT2D eigenvalue weighted by Crippen LogP contribution is -2.33. The molecule has 0 aromatic heterocycles. The molecule has 0 radical (unpaired) electrons. The van der Waals surface area contributed by atoms with E-state index in [9.17, 15) is 0 Å². The van der Waals surface area contributed by atoms with Gasteiger partial charge in [-0.2, -0.15) is 5.10 Å². The van der Waals surface area contributed by atoms with Crippen LogP contribution in [0.2, 0.25) is 0 Å². The molecule has 5 heteroatoms. The van der Waals surface area contributed by atoms with Crippen molar-refractivity contribution in [2.45, 2.75) is 32.0 Å². The van der Waals surface area contributed by atoms with E-state index in [0.717, 1.165) is 46.9 Å². The number of rotatable bonds is 8. The fourth-order valence-corrected chi connectivity index (χ4v) is 4.28. The van der Waals surface area contributed by atoms with Crippen molar-refractivity contribution < 1.29 is 14.2 Å². The first-order chi connectivity index (χ1) is 16.3. The first kappa shape index (κ1) is 21.1. The highest BCUT2D eigenvalue weighted by molar-refractivity contribution is 6.02. The molecule has 3 aromatic rings. The van der Waals surface area contributed by atoms with E-state index >= 15 is 0 Å². The molecule has 5 nitrogen and oxygen atoms in total. The molecule has 2 aliphatic rings. The Morgan fingerprint density at radius 1 is 1.00 bits per heavy atom. The highest BCUT2D eigenvalue weighted by Gasteiger charge is 2.40. The Bertz CT molecular complexity index is 1140. The molecule has 0 saturated heterocycles. The molecule has 0 amide bonds. The van der Waals surface area contributed by atoms with Crippen LogP contribution in [0.25, 0.3) is 0 Å². The molecule has 0 spiro atoms. The SMILES string of the molecule is C=CCOc1ccc(C2=NN3[C@H](C2)c2ccccc2O[C@H]3c2ccc(OCCC)cc2)cc1. The Morgan fingerprint density at radius 2 is 1.73 bits per heavy atom. The van der Waals surface area contributed by atoms with Crippen LogP contribution in [0.1, 0.15) is 48.7 Å². The van der Waals surface area contributed by atoms with Gasteiger partial charge in [0, 0.05) is 17.5 Å². The summed E-state index contributed by atoms with van der Waals surface area (Å²) in [6.45, 7) is 7.01. The second-order valence-electron chi connectivity index (χ2n) is 8.20. The zero-order valence-electron chi connectivity index (χ0n) is 18.8. The van der Waals surface area contributed by atoms with Crippen LogP contribution in [-0.4, -0.2) is 23.9 Å². The Morgan fingerprint density at radius 3 is 2.48 bits per heavy atom. The summed E-state index contributed by atoms with van der Waals surface area (Å²) in [7, 11) is 0. The van der Waals surface area contributed by atoms with Gasteiger partial charge in [0.25, 0.3) is 0 Å².